The summed E-state index contributed by atoms with van der Waals surface area (Å²) in [6.45, 7) is 1.07. The summed E-state index contributed by atoms with van der Waals surface area (Å²) in [6.07, 6.45) is 3.79. The zero-order valence-corrected chi connectivity index (χ0v) is 14.0. The van der Waals surface area contributed by atoms with E-state index in [4.69, 9.17) is 27.9 Å². The molecule has 2 heterocycles. The second-order valence-corrected chi connectivity index (χ2v) is 6.12. The molecular formula is C14H16Cl3N3O2. The van der Waals surface area contributed by atoms with Crippen molar-refractivity contribution in [3.63, 3.8) is 0 Å². The standard InChI is InChI=1S/C14H15Cl2N3O2.ClH/c15-11-1-2-12(13(16)3-11)14(4-10(5-20)6-21-14)7-19-9-17-8-18-19;/h1-3,8-10,20H,4-7H2;1H/t10-,14?;/m1./s1. The molecule has 1 saturated heterocycles. The molecule has 1 aliphatic rings. The molecule has 2 aromatic rings. The minimum absolute atomic E-state index is 0. The zero-order chi connectivity index (χ0) is 14.9. The van der Waals surface area contributed by atoms with Gasteiger partial charge >= 0.3 is 0 Å². The van der Waals surface area contributed by atoms with Gasteiger partial charge in [-0.25, -0.2) is 9.67 Å². The third-order valence-electron chi connectivity index (χ3n) is 3.78. The molecule has 1 aromatic heterocycles. The summed E-state index contributed by atoms with van der Waals surface area (Å²) < 4.78 is 7.76. The van der Waals surface area contributed by atoms with E-state index >= 15 is 0 Å². The van der Waals surface area contributed by atoms with Crippen LogP contribution in [0.2, 0.25) is 10.0 Å². The Morgan fingerprint density at radius 3 is 2.82 bits per heavy atom. The van der Waals surface area contributed by atoms with Crippen LogP contribution < -0.4 is 0 Å². The van der Waals surface area contributed by atoms with Crippen molar-refractivity contribution in [3.8, 4) is 0 Å². The number of hydrogen-bond donors (Lipinski definition) is 1. The van der Waals surface area contributed by atoms with Gasteiger partial charge in [0.25, 0.3) is 0 Å². The van der Waals surface area contributed by atoms with Gasteiger partial charge in [0.05, 0.1) is 13.2 Å². The van der Waals surface area contributed by atoms with Crippen LogP contribution in [0, 0.1) is 5.92 Å². The SMILES string of the molecule is Cl.OC[C@@H]1COC(Cn2cncn2)(c2ccc(Cl)cc2Cl)C1. The van der Waals surface area contributed by atoms with Crippen molar-refractivity contribution in [2.45, 2.75) is 18.6 Å². The lowest BCUT2D eigenvalue weighted by molar-refractivity contribution is -0.0180. The summed E-state index contributed by atoms with van der Waals surface area (Å²) in [5.74, 6) is 0.0836. The topological polar surface area (TPSA) is 60.2 Å². The highest BCUT2D eigenvalue weighted by Gasteiger charge is 2.43. The van der Waals surface area contributed by atoms with Crippen molar-refractivity contribution >= 4 is 35.6 Å². The van der Waals surface area contributed by atoms with Crippen LogP contribution in [0.4, 0.5) is 0 Å². The van der Waals surface area contributed by atoms with Gasteiger partial charge in [0.2, 0.25) is 0 Å². The number of benzene rings is 1. The molecule has 0 amide bonds. The monoisotopic (exact) mass is 363 g/mol. The summed E-state index contributed by atoms with van der Waals surface area (Å²) in [4.78, 5) is 3.96. The second kappa shape index (κ2) is 7.15. The second-order valence-electron chi connectivity index (χ2n) is 5.28. The van der Waals surface area contributed by atoms with Crippen molar-refractivity contribution in [2.24, 2.45) is 5.92 Å². The molecule has 0 aliphatic carbocycles. The number of rotatable bonds is 4. The van der Waals surface area contributed by atoms with Crippen LogP contribution in [0.1, 0.15) is 12.0 Å². The molecule has 0 spiro atoms. The van der Waals surface area contributed by atoms with E-state index in [1.807, 2.05) is 6.07 Å². The zero-order valence-electron chi connectivity index (χ0n) is 11.7. The number of nitrogens with zero attached hydrogens (tertiary/aromatic N) is 3. The summed E-state index contributed by atoms with van der Waals surface area (Å²) >= 11 is 12.3. The molecule has 1 unspecified atom stereocenters. The Balaban J connectivity index is 0.00000176. The maximum Gasteiger partial charge on any atom is 0.137 e. The van der Waals surface area contributed by atoms with E-state index in [0.717, 1.165) is 5.56 Å². The Morgan fingerprint density at radius 1 is 1.41 bits per heavy atom. The van der Waals surface area contributed by atoms with Crippen LogP contribution in [0.3, 0.4) is 0 Å². The molecule has 8 heteroatoms. The van der Waals surface area contributed by atoms with Crippen LogP contribution in [0.25, 0.3) is 0 Å². The van der Waals surface area contributed by atoms with Crippen LogP contribution >= 0.6 is 35.6 Å². The number of hydrogen-bond acceptors (Lipinski definition) is 4. The molecule has 1 fully saturated rings. The predicted octanol–water partition coefficient (Wildman–Crippen LogP) is 2.93. The number of halogens is 3. The summed E-state index contributed by atoms with van der Waals surface area (Å²) in [5, 5.41) is 14.7. The molecule has 0 radical (unpaired) electrons. The normalized spacial score (nSPS) is 24.2. The first-order chi connectivity index (χ1) is 10.1. The van der Waals surface area contributed by atoms with Gasteiger partial charge in [-0.1, -0.05) is 29.3 Å². The van der Waals surface area contributed by atoms with Gasteiger partial charge in [-0.15, -0.1) is 12.4 Å². The van der Waals surface area contributed by atoms with Gasteiger partial charge in [-0.2, -0.15) is 5.10 Å². The van der Waals surface area contributed by atoms with Crippen LogP contribution in [0.5, 0.6) is 0 Å². The van der Waals surface area contributed by atoms with Crippen molar-refractivity contribution in [1.29, 1.82) is 0 Å². The number of ether oxygens (including phenoxy) is 1. The van der Waals surface area contributed by atoms with Crippen molar-refractivity contribution in [3.05, 3.63) is 46.5 Å². The fourth-order valence-corrected chi connectivity index (χ4v) is 3.38. The fraction of sp³-hybridized carbons (Fsp3) is 0.429. The predicted molar refractivity (Wildman–Crippen MR) is 86.6 cm³/mol. The third-order valence-corrected chi connectivity index (χ3v) is 4.33. The molecule has 2 atom stereocenters. The molecule has 1 aliphatic heterocycles. The van der Waals surface area contributed by atoms with E-state index < -0.39 is 5.60 Å². The highest BCUT2D eigenvalue weighted by Crippen LogP contribution is 2.43. The van der Waals surface area contributed by atoms with Crippen molar-refractivity contribution < 1.29 is 9.84 Å². The summed E-state index contributed by atoms with van der Waals surface area (Å²) in [5.41, 5.74) is 0.239. The lowest BCUT2D eigenvalue weighted by Crippen LogP contribution is -2.32. The first kappa shape index (κ1) is 17.5. The maximum absolute atomic E-state index is 9.42. The Bertz CT molecular complexity index is 624. The number of aliphatic hydroxyl groups excluding tert-OH is 1. The highest BCUT2D eigenvalue weighted by atomic mass is 35.5. The molecule has 3 rings (SSSR count). The van der Waals surface area contributed by atoms with Crippen LogP contribution in [-0.2, 0) is 16.9 Å². The van der Waals surface area contributed by atoms with Crippen molar-refractivity contribution in [1.82, 2.24) is 14.8 Å². The molecule has 5 nitrogen and oxygen atoms in total. The Labute approximate surface area is 144 Å². The van der Waals surface area contributed by atoms with E-state index in [1.165, 1.54) is 6.33 Å². The average molecular weight is 365 g/mol. The minimum atomic E-state index is -0.622. The smallest absolute Gasteiger partial charge is 0.137 e. The lowest BCUT2D eigenvalue weighted by atomic mass is 9.87. The summed E-state index contributed by atoms with van der Waals surface area (Å²) in [6, 6.07) is 5.38. The number of aliphatic hydroxyl groups is 1. The molecule has 0 saturated carbocycles. The fourth-order valence-electron chi connectivity index (χ4n) is 2.80. The Morgan fingerprint density at radius 2 is 2.23 bits per heavy atom. The minimum Gasteiger partial charge on any atom is -0.396 e. The van der Waals surface area contributed by atoms with Gasteiger partial charge in [-0.05, 0) is 18.6 Å². The number of aromatic nitrogens is 3. The van der Waals surface area contributed by atoms with E-state index in [9.17, 15) is 5.11 Å². The molecule has 0 bridgehead atoms. The average Bonchev–Trinajstić information content (AvgIpc) is 3.09. The first-order valence-corrected chi connectivity index (χ1v) is 7.41. The van der Waals surface area contributed by atoms with E-state index in [0.29, 0.717) is 29.6 Å². The first-order valence-electron chi connectivity index (χ1n) is 6.66. The van der Waals surface area contributed by atoms with Gasteiger partial charge in [-0.3, -0.25) is 0 Å². The third kappa shape index (κ3) is 3.39. The molecular weight excluding hydrogens is 349 g/mol. The van der Waals surface area contributed by atoms with Crippen molar-refractivity contribution in [2.75, 3.05) is 13.2 Å². The van der Waals surface area contributed by atoms with Gasteiger partial charge in [0, 0.05) is 28.1 Å². The molecule has 22 heavy (non-hydrogen) atoms. The highest BCUT2D eigenvalue weighted by molar-refractivity contribution is 6.35. The summed E-state index contributed by atoms with van der Waals surface area (Å²) in [7, 11) is 0. The Kier molecular flexibility index (Phi) is 5.69. The Hall–Kier alpha value is -0.850. The quantitative estimate of drug-likeness (QED) is 0.906. The molecule has 120 valence electrons. The molecule has 1 aromatic carbocycles. The van der Waals surface area contributed by atoms with Gasteiger partial charge in [0.15, 0.2) is 0 Å². The van der Waals surface area contributed by atoms with E-state index in [1.54, 1.807) is 23.1 Å². The van der Waals surface area contributed by atoms with E-state index in [2.05, 4.69) is 10.1 Å². The molecule has 1 N–H and O–H groups in total. The van der Waals surface area contributed by atoms with Gasteiger partial charge in [0.1, 0.15) is 18.3 Å². The van der Waals surface area contributed by atoms with Crippen LogP contribution in [0.15, 0.2) is 30.9 Å². The van der Waals surface area contributed by atoms with Gasteiger partial charge < -0.3 is 9.84 Å². The van der Waals surface area contributed by atoms with E-state index in [-0.39, 0.29) is 24.9 Å². The lowest BCUT2D eigenvalue weighted by Gasteiger charge is -2.30. The largest absolute Gasteiger partial charge is 0.396 e. The maximum atomic E-state index is 9.42. The van der Waals surface area contributed by atoms with Crippen LogP contribution in [-0.4, -0.2) is 33.1 Å².